The minimum absolute atomic E-state index is 0.0208. The van der Waals surface area contributed by atoms with Gasteiger partial charge >= 0.3 is 0 Å². The SMILES string of the molecule is CN(C)CCC(F)F.NC(=O)CF. The summed E-state index contributed by atoms with van der Waals surface area (Å²) in [4.78, 5) is 11.0. The third-order valence-electron chi connectivity index (χ3n) is 0.926. The first-order valence-electron chi connectivity index (χ1n) is 3.67. The lowest BCUT2D eigenvalue weighted by molar-refractivity contribution is -0.118. The molecule has 0 aromatic heterocycles. The Hall–Kier alpha value is -0.780. The number of hydrogen-bond acceptors (Lipinski definition) is 2. The number of nitrogens with two attached hydrogens (primary N) is 1. The summed E-state index contributed by atoms with van der Waals surface area (Å²) in [5.74, 6) is -0.912. The van der Waals surface area contributed by atoms with E-state index in [1.54, 1.807) is 19.0 Å². The second kappa shape index (κ2) is 9.31. The van der Waals surface area contributed by atoms with Crippen LogP contribution < -0.4 is 5.73 Å². The third-order valence-corrected chi connectivity index (χ3v) is 0.926. The van der Waals surface area contributed by atoms with Gasteiger partial charge in [-0.05, 0) is 14.1 Å². The molecular weight excluding hydrogens is 185 g/mol. The van der Waals surface area contributed by atoms with Crippen molar-refractivity contribution in [1.82, 2.24) is 4.90 Å². The van der Waals surface area contributed by atoms with Gasteiger partial charge in [0.05, 0.1) is 0 Å². The zero-order chi connectivity index (χ0) is 10.9. The van der Waals surface area contributed by atoms with E-state index < -0.39 is 19.0 Å². The summed E-state index contributed by atoms with van der Waals surface area (Å²) in [5.41, 5.74) is 4.28. The maximum atomic E-state index is 11.4. The van der Waals surface area contributed by atoms with Crippen molar-refractivity contribution in [3.8, 4) is 0 Å². The monoisotopic (exact) mass is 200 g/mol. The number of carbonyl (C=O) groups excluding carboxylic acids is 1. The van der Waals surface area contributed by atoms with Crippen molar-refractivity contribution >= 4 is 5.91 Å². The molecule has 0 atom stereocenters. The van der Waals surface area contributed by atoms with Gasteiger partial charge < -0.3 is 10.6 Å². The van der Waals surface area contributed by atoms with Gasteiger partial charge in [0.1, 0.15) is 0 Å². The predicted octanol–water partition coefficient (Wildman–Crippen LogP) is 0.644. The van der Waals surface area contributed by atoms with Crippen LogP contribution in [0.2, 0.25) is 0 Å². The van der Waals surface area contributed by atoms with Crippen molar-refractivity contribution in [3.63, 3.8) is 0 Å². The quantitative estimate of drug-likeness (QED) is 0.724. The molecule has 0 spiro atoms. The molecule has 0 aliphatic heterocycles. The largest absolute Gasteiger partial charge is 0.367 e. The van der Waals surface area contributed by atoms with E-state index in [2.05, 4.69) is 5.73 Å². The molecule has 0 radical (unpaired) electrons. The van der Waals surface area contributed by atoms with Gasteiger partial charge in [-0.3, -0.25) is 4.79 Å². The van der Waals surface area contributed by atoms with Crippen LogP contribution >= 0.6 is 0 Å². The molecule has 0 aliphatic carbocycles. The first kappa shape index (κ1) is 14.7. The first-order valence-corrected chi connectivity index (χ1v) is 3.67. The second-order valence-corrected chi connectivity index (χ2v) is 2.58. The fraction of sp³-hybridized carbons (Fsp3) is 0.857. The molecule has 2 N–H and O–H groups in total. The van der Waals surface area contributed by atoms with E-state index in [1.165, 1.54) is 0 Å². The summed E-state index contributed by atoms with van der Waals surface area (Å²) >= 11 is 0. The van der Waals surface area contributed by atoms with Crippen LogP contribution in [0.25, 0.3) is 0 Å². The van der Waals surface area contributed by atoms with Gasteiger partial charge in [-0.25, -0.2) is 13.2 Å². The summed E-state index contributed by atoms with van der Waals surface area (Å²) in [7, 11) is 3.56. The number of rotatable bonds is 4. The van der Waals surface area contributed by atoms with Gasteiger partial charge in [-0.1, -0.05) is 0 Å². The molecule has 0 heterocycles. The average molecular weight is 200 g/mol. The Kier molecular flexibility index (Phi) is 10.5. The smallest absolute Gasteiger partial charge is 0.248 e. The highest BCUT2D eigenvalue weighted by atomic mass is 19.3. The number of carbonyl (C=O) groups is 1. The molecule has 80 valence electrons. The molecule has 0 aliphatic rings. The van der Waals surface area contributed by atoms with E-state index in [1.807, 2.05) is 0 Å². The molecule has 0 saturated carbocycles. The van der Waals surface area contributed by atoms with Gasteiger partial charge in [0.2, 0.25) is 12.3 Å². The zero-order valence-corrected chi connectivity index (χ0v) is 7.77. The summed E-state index contributed by atoms with van der Waals surface area (Å²) in [6.45, 7) is -0.586. The summed E-state index contributed by atoms with van der Waals surface area (Å²) in [6, 6.07) is 0. The van der Waals surface area contributed by atoms with E-state index >= 15 is 0 Å². The standard InChI is InChI=1S/C5H11F2N.C2H4FNO/c1-8(2)4-3-5(6)7;3-1-2(4)5/h5H,3-4H2,1-2H3;1H2,(H2,4,5). The molecule has 0 aromatic carbocycles. The van der Waals surface area contributed by atoms with Gasteiger partial charge in [0, 0.05) is 13.0 Å². The number of primary amides is 1. The van der Waals surface area contributed by atoms with Crippen molar-refractivity contribution in [2.45, 2.75) is 12.8 Å². The van der Waals surface area contributed by atoms with Crippen LogP contribution in [0.15, 0.2) is 0 Å². The summed E-state index contributed by atoms with van der Waals surface area (Å²) in [5, 5.41) is 0. The molecule has 1 amide bonds. The third kappa shape index (κ3) is 24.7. The second-order valence-electron chi connectivity index (χ2n) is 2.58. The van der Waals surface area contributed by atoms with Crippen molar-refractivity contribution in [3.05, 3.63) is 0 Å². The Morgan fingerprint density at radius 3 is 1.92 bits per heavy atom. The molecule has 3 nitrogen and oxygen atoms in total. The first-order chi connectivity index (χ1) is 5.90. The Morgan fingerprint density at radius 2 is 1.85 bits per heavy atom. The molecule has 6 heteroatoms. The lowest BCUT2D eigenvalue weighted by Crippen LogP contribution is -2.15. The van der Waals surface area contributed by atoms with Crippen LogP contribution in [0.4, 0.5) is 13.2 Å². The average Bonchev–Trinajstić information content (AvgIpc) is 2.02. The van der Waals surface area contributed by atoms with Crippen LogP contribution in [-0.2, 0) is 4.79 Å². The van der Waals surface area contributed by atoms with E-state index in [0.29, 0.717) is 6.54 Å². The van der Waals surface area contributed by atoms with E-state index in [0.717, 1.165) is 0 Å². The maximum absolute atomic E-state index is 11.4. The van der Waals surface area contributed by atoms with Gasteiger partial charge in [-0.2, -0.15) is 0 Å². The molecule has 13 heavy (non-hydrogen) atoms. The van der Waals surface area contributed by atoms with Gasteiger partial charge in [-0.15, -0.1) is 0 Å². The molecule has 0 fully saturated rings. The topological polar surface area (TPSA) is 46.3 Å². The maximum Gasteiger partial charge on any atom is 0.248 e. The fourth-order valence-corrected chi connectivity index (χ4v) is 0.356. The Labute approximate surface area is 75.7 Å². The van der Waals surface area contributed by atoms with Crippen LogP contribution in [-0.4, -0.2) is 44.5 Å². The molecule has 0 bridgehead atoms. The highest BCUT2D eigenvalue weighted by Gasteiger charge is 2.00. The van der Waals surface area contributed by atoms with Gasteiger partial charge in [0.25, 0.3) is 0 Å². The number of amides is 1. The number of alkyl halides is 3. The van der Waals surface area contributed by atoms with E-state index in [9.17, 15) is 18.0 Å². The molecule has 0 unspecified atom stereocenters. The lowest BCUT2D eigenvalue weighted by Gasteiger charge is -2.06. The van der Waals surface area contributed by atoms with Crippen molar-refractivity contribution in [1.29, 1.82) is 0 Å². The van der Waals surface area contributed by atoms with E-state index in [4.69, 9.17) is 0 Å². The number of halogens is 3. The van der Waals surface area contributed by atoms with Crippen molar-refractivity contribution in [2.75, 3.05) is 27.3 Å². The molecule has 0 rings (SSSR count). The van der Waals surface area contributed by atoms with Crippen molar-refractivity contribution in [2.24, 2.45) is 5.73 Å². The van der Waals surface area contributed by atoms with Crippen LogP contribution in [0.3, 0.4) is 0 Å². The minimum atomic E-state index is -2.16. The molecular formula is C7H15F3N2O. The van der Waals surface area contributed by atoms with Crippen LogP contribution in [0, 0.1) is 0 Å². The van der Waals surface area contributed by atoms with Crippen LogP contribution in [0.5, 0.6) is 0 Å². The number of nitrogens with zero attached hydrogens (tertiary/aromatic N) is 1. The fourth-order valence-electron chi connectivity index (χ4n) is 0.356. The van der Waals surface area contributed by atoms with E-state index in [-0.39, 0.29) is 6.42 Å². The zero-order valence-electron chi connectivity index (χ0n) is 7.77. The Bertz CT molecular complexity index is 123. The Morgan fingerprint density at radius 1 is 1.46 bits per heavy atom. The lowest BCUT2D eigenvalue weighted by atomic mass is 10.4. The Balaban J connectivity index is 0. The summed E-state index contributed by atoms with van der Waals surface area (Å²) < 4.78 is 33.4. The van der Waals surface area contributed by atoms with Crippen molar-refractivity contribution < 1.29 is 18.0 Å². The molecule has 0 saturated heterocycles. The minimum Gasteiger partial charge on any atom is -0.367 e. The van der Waals surface area contributed by atoms with Crippen LogP contribution in [0.1, 0.15) is 6.42 Å². The summed E-state index contributed by atoms with van der Waals surface area (Å²) in [6.07, 6.45) is -2.18. The normalized spacial score (nSPS) is 9.77. The highest BCUT2D eigenvalue weighted by Crippen LogP contribution is 1.97. The molecule has 0 aromatic rings. The number of hydrogen-bond donors (Lipinski definition) is 1. The highest BCUT2D eigenvalue weighted by molar-refractivity contribution is 5.74. The predicted molar refractivity (Wildman–Crippen MR) is 44.3 cm³/mol. The van der Waals surface area contributed by atoms with Gasteiger partial charge in [0.15, 0.2) is 6.67 Å².